The van der Waals surface area contributed by atoms with E-state index in [9.17, 15) is 5.11 Å². The van der Waals surface area contributed by atoms with E-state index in [0.717, 1.165) is 24.0 Å². The standard InChI is InChI=1S/C14H17NO2/c16-12-10-6-2-3-7-11(10)13-15(17-13)14(12)8-4-1-5-9-14/h2-3,6-7,12-13,16H,1,4-5,8-9H2/t12-,13+,15?/m1/s1. The molecule has 2 fully saturated rings. The molecule has 3 nitrogen and oxygen atoms in total. The summed E-state index contributed by atoms with van der Waals surface area (Å²) in [5.41, 5.74) is 2.08. The lowest BCUT2D eigenvalue weighted by Crippen LogP contribution is -2.48. The highest BCUT2D eigenvalue weighted by atomic mass is 16.8. The molecule has 2 aliphatic heterocycles. The van der Waals surface area contributed by atoms with Gasteiger partial charge in [0.2, 0.25) is 0 Å². The van der Waals surface area contributed by atoms with Crippen LogP contribution >= 0.6 is 0 Å². The van der Waals surface area contributed by atoms with Gasteiger partial charge in [-0.15, -0.1) is 5.06 Å². The maximum absolute atomic E-state index is 10.7. The first kappa shape index (κ1) is 10.1. The molecule has 90 valence electrons. The number of rotatable bonds is 0. The topological polar surface area (TPSA) is 35.8 Å². The van der Waals surface area contributed by atoms with Crippen LogP contribution in [-0.2, 0) is 4.84 Å². The van der Waals surface area contributed by atoms with Gasteiger partial charge in [-0.3, -0.25) is 4.84 Å². The Morgan fingerprint density at radius 2 is 1.82 bits per heavy atom. The first-order valence-electron chi connectivity index (χ1n) is 6.56. The highest BCUT2D eigenvalue weighted by Crippen LogP contribution is 2.59. The van der Waals surface area contributed by atoms with Gasteiger partial charge in [-0.05, 0) is 18.4 Å². The molecule has 1 aromatic rings. The van der Waals surface area contributed by atoms with Crippen molar-refractivity contribution in [3.63, 3.8) is 0 Å². The Kier molecular flexibility index (Phi) is 1.96. The second-order valence-corrected chi connectivity index (χ2v) is 5.48. The number of fused-ring (bicyclic) bond motifs is 4. The molecular weight excluding hydrogens is 214 g/mol. The van der Waals surface area contributed by atoms with Gasteiger partial charge in [0, 0.05) is 5.56 Å². The number of benzene rings is 1. The van der Waals surface area contributed by atoms with Crippen LogP contribution in [-0.4, -0.2) is 15.7 Å². The van der Waals surface area contributed by atoms with E-state index in [2.05, 4.69) is 17.2 Å². The SMILES string of the molecule is O[C@@H]1c2ccccc2[C@@H]2ON2C12CCCCC2. The fourth-order valence-electron chi connectivity index (χ4n) is 3.65. The van der Waals surface area contributed by atoms with Crippen LogP contribution in [0.25, 0.3) is 0 Å². The van der Waals surface area contributed by atoms with Gasteiger partial charge in [0.1, 0.15) is 6.10 Å². The lowest BCUT2D eigenvalue weighted by atomic mass is 9.72. The van der Waals surface area contributed by atoms with E-state index in [1.165, 1.54) is 19.3 Å². The minimum absolute atomic E-state index is 0.104. The van der Waals surface area contributed by atoms with E-state index in [1.807, 2.05) is 12.1 Å². The number of aliphatic hydroxyl groups is 1. The largest absolute Gasteiger partial charge is 0.386 e. The van der Waals surface area contributed by atoms with Crippen molar-refractivity contribution in [2.75, 3.05) is 0 Å². The summed E-state index contributed by atoms with van der Waals surface area (Å²) in [6.07, 6.45) is 5.51. The van der Waals surface area contributed by atoms with Gasteiger partial charge in [-0.1, -0.05) is 43.5 Å². The van der Waals surface area contributed by atoms with Gasteiger partial charge in [-0.25, -0.2) is 0 Å². The molecule has 4 rings (SSSR count). The summed E-state index contributed by atoms with van der Waals surface area (Å²) in [6.45, 7) is 0. The number of hydrogen-bond acceptors (Lipinski definition) is 3. The average molecular weight is 231 g/mol. The second kappa shape index (κ2) is 3.31. The first-order chi connectivity index (χ1) is 8.33. The van der Waals surface area contributed by atoms with Gasteiger partial charge in [0.05, 0.1) is 5.54 Å². The molecule has 1 aliphatic carbocycles. The first-order valence-corrected chi connectivity index (χ1v) is 6.56. The predicted octanol–water partition coefficient (Wildman–Crippen LogP) is 2.68. The third kappa shape index (κ3) is 1.22. The van der Waals surface area contributed by atoms with Crippen LogP contribution in [0, 0.1) is 0 Å². The Morgan fingerprint density at radius 1 is 1.12 bits per heavy atom. The van der Waals surface area contributed by atoms with E-state index in [1.54, 1.807) is 0 Å². The highest BCUT2D eigenvalue weighted by Gasteiger charge is 2.61. The van der Waals surface area contributed by atoms with Gasteiger partial charge in [0.15, 0.2) is 6.23 Å². The molecule has 0 radical (unpaired) electrons. The molecule has 1 N–H and O–H groups in total. The van der Waals surface area contributed by atoms with Gasteiger partial charge < -0.3 is 5.11 Å². The van der Waals surface area contributed by atoms with Crippen LogP contribution in [0.4, 0.5) is 0 Å². The minimum atomic E-state index is -0.391. The van der Waals surface area contributed by atoms with Crippen molar-refractivity contribution in [3.8, 4) is 0 Å². The Hall–Kier alpha value is -0.900. The Bertz CT molecular complexity index is 453. The zero-order chi connectivity index (χ0) is 11.5. The average Bonchev–Trinajstić information content (AvgIpc) is 3.19. The molecule has 0 bridgehead atoms. The van der Waals surface area contributed by atoms with Crippen molar-refractivity contribution < 1.29 is 9.94 Å². The van der Waals surface area contributed by atoms with Gasteiger partial charge in [0.25, 0.3) is 0 Å². The molecule has 17 heavy (non-hydrogen) atoms. The minimum Gasteiger partial charge on any atom is -0.386 e. The number of hydroxylamine groups is 2. The normalized spacial score (nSPS) is 37.4. The molecule has 0 aromatic heterocycles. The molecule has 1 spiro atoms. The Labute approximate surface area is 101 Å². The summed E-state index contributed by atoms with van der Waals surface area (Å²) in [5.74, 6) is 0. The van der Waals surface area contributed by atoms with Crippen LogP contribution in [0.5, 0.6) is 0 Å². The summed E-state index contributed by atoms with van der Waals surface area (Å²) < 4.78 is 0. The smallest absolute Gasteiger partial charge is 0.181 e. The summed E-state index contributed by atoms with van der Waals surface area (Å²) in [6, 6.07) is 8.15. The predicted molar refractivity (Wildman–Crippen MR) is 62.9 cm³/mol. The quantitative estimate of drug-likeness (QED) is 0.697. The highest BCUT2D eigenvalue weighted by molar-refractivity contribution is 5.38. The summed E-state index contributed by atoms with van der Waals surface area (Å²) in [4.78, 5) is 5.74. The van der Waals surface area contributed by atoms with Crippen molar-refractivity contribution in [1.29, 1.82) is 0 Å². The lowest BCUT2D eigenvalue weighted by molar-refractivity contribution is -0.0681. The van der Waals surface area contributed by atoms with E-state index >= 15 is 0 Å². The molecule has 1 saturated carbocycles. The molecule has 1 unspecified atom stereocenters. The van der Waals surface area contributed by atoms with Crippen molar-refractivity contribution >= 4 is 0 Å². The molecule has 3 aliphatic rings. The van der Waals surface area contributed by atoms with Crippen molar-refractivity contribution in [2.24, 2.45) is 0 Å². The van der Waals surface area contributed by atoms with E-state index in [-0.39, 0.29) is 11.8 Å². The van der Waals surface area contributed by atoms with Crippen LogP contribution in [0.2, 0.25) is 0 Å². The maximum atomic E-state index is 10.7. The van der Waals surface area contributed by atoms with Crippen LogP contribution in [0.15, 0.2) is 24.3 Å². The van der Waals surface area contributed by atoms with Crippen molar-refractivity contribution in [1.82, 2.24) is 5.06 Å². The monoisotopic (exact) mass is 231 g/mol. The third-order valence-electron chi connectivity index (χ3n) is 4.60. The van der Waals surface area contributed by atoms with Crippen LogP contribution in [0.3, 0.4) is 0 Å². The number of hydrogen-bond donors (Lipinski definition) is 1. The zero-order valence-corrected chi connectivity index (χ0v) is 9.80. The molecule has 3 atom stereocenters. The molecule has 3 heteroatoms. The van der Waals surface area contributed by atoms with Crippen molar-refractivity contribution in [2.45, 2.75) is 50.0 Å². The lowest BCUT2D eigenvalue weighted by Gasteiger charge is -2.43. The van der Waals surface area contributed by atoms with Crippen LogP contribution < -0.4 is 0 Å². The molecule has 0 amide bonds. The number of aliphatic hydroxyl groups excluding tert-OH is 1. The molecule has 2 heterocycles. The fourth-order valence-corrected chi connectivity index (χ4v) is 3.65. The Morgan fingerprint density at radius 3 is 2.59 bits per heavy atom. The van der Waals surface area contributed by atoms with Crippen molar-refractivity contribution in [3.05, 3.63) is 35.4 Å². The Balaban J connectivity index is 1.82. The van der Waals surface area contributed by atoms with Gasteiger partial charge in [-0.2, -0.15) is 0 Å². The molecule has 1 aromatic carbocycles. The van der Waals surface area contributed by atoms with E-state index in [0.29, 0.717) is 0 Å². The molecular formula is C14H17NO2. The zero-order valence-electron chi connectivity index (χ0n) is 9.80. The van der Waals surface area contributed by atoms with E-state index in [4.69, 9.17) is 4.84 Å². The van der Waals surface area contributed by atoms with Crippen LogP contribution in [0.1, 0.15) is 55.6 Å². The fraction of sp³-hybridized carbons (Fsp3) is 0.571. The summed E-state index contributed by atoms with van der Waals surface area (Å²) in [7, 11) is 0. The summed E-state index contributed by atoms with van der Waals surface area (Å²) in [5, 5.41) is 12.8. The third-order valence-corrected chi connectivity index (χ3v) is 4.60. The second-order valence-electron chi connectivity index (χ2n) is 5.48. The van der Waals surface area contributed by atoms with Gasteiger partial charge >= 0.3 is 0 Å². The maximum Gasteiger partial charge on any atom is 0.181 e. The van der Waals surface area contributed by atoms with E-state index < -0.39 is 6.10 Å². The molecule has 1 saturated heterocycles. The number of nitrogens with zero attached hydrogens (tertiary/aromatic N) is 1. The summed E-state index contributed by atoms with van der Waals surface area (Å²) >= 11 is 0.